The van der Waals surface area contributed by atoms with Gasteiger partial charge in [-0.25, -0.2) is 4.98 Å². The Morgan fingerprint density at radius 3 is 2.75 bits per heavy atom. The maximum Gasteiger partial charge on any atom is 0.293 e. The summed E-state index contributed by atoms with van der Waals surface area (Å²) in [7, 11) is 1.58. The lowest BCUT2D eigenvalue weighted by molar-refractivity contribution is 0.102. The van der Waals surface area contributed by atoms with Crippen molar-refractivity contribution in [2.24, 2.45) is 7.05 Å². The minimum atomic E-state index is -0.506. The number of amides is 1. The van der Waals surface area contributed by atoms with Crippen LogP contribution in [0.15, 0.2) is 59.8 Å². The van der Waals surface area contributed by atoms with Gasteiger partial charge in [-0.3, -0.25) is 14.6 Å². The van der Waals surface area contributed by atoms with Crippen LogP contribution < -0.4 is 10.9 Å². The molecule has 0 fully saturated rings. The number of hydrogen-bond acceptors (Lipinski definition) is 4. The van der Waals surface area contributed by atoms with E-state index in [9.17, 15) is 9.59 Å². The second-order valence-corrected chi connectivity index (χ2v) is 5.46. The molecule has 0 aliphatic heterocycles. The van der Waals surface area contributed by atoms with E-state index in [1.165, 1.54) is 17.0 Å². The number of pyridine rings is 1. The van der Waals surface area contributed by atoms with E-state index in [1.54, 1.807) is 31.4 Å². The van der Waals surface area contributed by atoms with Gasteiger partial charge in [0.2, 0.25) is 0 Å². The Bertz CT molecular complexity index is 954. The molecule has 3 rings (SSSR count). The van der Waals surface area contributed by atoms with Gasteiger partial charge in [0.1, 0.15) is 0 Å². The molecule has 0 saturated heterocycles. The maximum absolute atomic E-state index is 12.5. The molecule has 0 aliphatic rings. The van der Waals surface area contributed by atoms with Gasteiger partial charge in [0.25, 0.3) is 11.5 Å². The van der Waals surface area contributed by atoms with E-state index < -0.39 is 11.5 Å². The lowest BCUT2D eigenvalue weighted by Crippen LogP contribution is -2.25. The molecule has 120 valence electrons. The Kier molecular flexibility index (Phi) is 4.39. The molecule has 0 radical (unpaired) electrons. The first kappa shape index (κ1) is 15.9. The highest BCUT2D eigenvalue weighted by Crippen LogP contribution is 2.24. The van der Waals surface area contributed by atoms with Gasteiger partial charge in [-0.2, -0.15) is 0 Å². The van der Waals surface area contributed by atoms with Crippen LogP contribution in [0.4, 0.5) is 5.82 Å². The Morgan fingerprint density at radius 1 is 1.17 bits per heavy atom. The zero-order chi connectivity index (χ0) is 17.1. The van der Waals surface area contributed by atoms with Gasteiger partial charge in [-0.05, 0) is 24.3 Å². The van der Waals surface area contributed by atoms with Crippen molar-refractivity contribution in [2.45, 2.75) is 0 Å². The van der Waals surface area contributed by atoms with Gasteiger partial charge in [-0.15, -0.1) is 0 Å². The SMILES string of the molecule is Cn1ccnc(NC(=O)c2cc(-c3ccccn3)ccc2Cl)c1=O. The summed E-state index contributed by atoms with van der Waals surface area (Å²) >= 11 is 6.13. The minimum absolute atomic E-state index is 0.0516. The number of anilines is 1. The van der Waals surface area contributed by atoms with Crippen molar-refractivity contribution >= 4 is 23.3 Å². The van der Waals surface area contributed by atoms with Crippen LogP contribution in [-0.4, -0.2) is 20.4 Å². The molecule has 0 saturated carbocycles. The average molecular weight is 341 g/mol. The zero-order valence-electron chi connectivity index (χ0n) is 12.7. The second-order valence-electron chi connectivity index (χ2n) is 5.06. The van der Waals surface area contributed by atoms with E-state index >= 15 is 0 Å². The molecule has 1 amide bonds. The first-order valence-electron chi connectivity index (χ1n) is 7.10. The molecule has 0 spiro atoms. The van der Waals surface area contributed by atoms with Crippen LogP contribution in [0.5, 0.6) is 0 Å². The predicted octanol–water partition coefficient (Wildman–Crippen LogP) is 2.75. The topological polar surface area (TPSA) is 76.9 Å². The lowest BCUT2D eigenvalue weighted by Gasteiger charge is -2.08. The molecule has 0 unspecified atom stereocenters. The number of carbonyl (C=O) groups excluding carboxylic acids is 1. The van der Waals surface area contributed by atoms with E-state index in [0.717, 1.165) is 11.3 Å². The van der Waals surface area contributed by atoms with Crippen LogP contribution in [0.3, 0.4) is 0 Å². The van der Waals surface area contributed by atoms with E-state index in [0.29, 0.717) is 0 Å². The smallest absolute Gasteiger partial charge is 0.293 e. The number of halogens is 1. The summed E-state index contributed by atoms with van der Waals surface area (Å²) < 4.78 is 1.33. The third-order valence-electron chi connectivity index (χ3n) is 3.42. The summed E-state index contributed by atoms with van der Waals surface area (Å²) in [5.41, 5.74) is 1.31. The highest BCUT2D eigenvalue weighted by Gasteiger charge is 2.15. The fraction of sp³-hybridized carbons (Fsp3) is 0.0588. The summed E-state index contributed by atoms with van der Waals surface area (Å²) in [6.45, 7) is 0. The zero-order valence-corrected chi connectivity index (χ0v) is 13.5. The van der Waals surface area contributed by atoms with Gasteiger partial charge in [0.05, 0.1) is 16.3 Å². The molecule has 1 N–H and O–H groups in total. The molecule has 2 heterocycles. The van der Waals surface area contributed by atoms with Crippen LogP contribution in [0, 0.1) is 0 Å². The third kappa shape index (κ3) is 3.18. The Morgan fingerprint density at radius 2 is 2.00 bits per heavy atom. The van der Waals surface area contributed by atoms with Crippen molar-refractivity contribution < 1.29 is 4.79 Å². The van der Waals surface area contributed by atoms with E-state index in [4.69, 9.17) is 11.6 Å². The summed E-state index contributed by atoms with van der Waals surface area (Å²) in [6, 6.07) is 10.5. The van der Waals surface area contributed by atoms with Gasteiger partial charge in [-0.1, -0.05) is 23.7 Å². The molecule has 1 aromatic carbocycles. The van der Waals surface area contributed by atoms with Crippen LogP contribution in [0.1, 0.15) is 10.4 Å². The van der Waals surface area contributed by atoms with Crippen molar-refractivity contribution in [1.82, 2.24) is 14.5 Å². The summed E-state index contributed by atoms with van der Waals surface area (Å²) in [5, 5.41) is 2.78. The van der Waals surface area contributed by atoms with Gasteiger partial charge in [0.15, 0.2) is 5.82 Å². The highest BCUT2D eigenvalue weighted by atomic mass is 35.5. The van der Waals surface area contributed by atoms with Crippen molar-refractivity contribution in [3.8, 4) is 11.3 Å². The van der Waals surface area contributed by atoms with Crippen molar-refractivity contribution in [1.29, 1.82) is 0 Å². The molecule has 0 atom stereocenters. The number of rotatable bonds is 3. The summed E-state index contributed by atoms with van der Waals surface area (Å²) in [6.07, 6.45) is 4.61. The number of aryl methyl sites for hydroxylation is 1. The fourth-order valence-corrected chi connectivity index (χ4v) is 2.35. The average Bonchev–Trinajstić information content (AvgIpc) is 2.60. The number of hydrogen-bond donors (Lipinski definition) is 1. The normalized spacial score (nSPS) is 10.4. The van der Waals surface area contributed by atoms with E-state index in [-0.39, 0.29) is 16.4 Å². The molecule has 3 aromatic rings. The largest absolute Gasteiger partial charge is 0.314 e. The summed E-state index contributed by atoms with van der Waals surface area (Å²) in [4.78, 5) is 32.6. The molecule has 0 bridgehead atoms. The second kappa shape index (κ2) is 6.64. The van der Waals surface area contributed by atoms with Gasteiger partial charge >= 0.3 is 0 Å². The molecular weight excluding hydrogens is 328 g/mol. The molecular formula is C17H13ClN4O2. The van der Waals surface area contributed by atoms with Crippen LogP contribution in [0.2, 0.25) is 5.02 Å². The Balaban J connectivity index is 1.95. The van der Waals surface area contributed by atoms with Crippen molar-refractivity contribution in [3.63, 3.8) is 0 Å². The van der Waals surface area contributed by atoms with Crippen LogP contribution >= 0.6 is 11.6 Å². The van der Waals surface area contributed by atoms with E-state index in [1.807, 2.05) is 18.2 Å². The first-order chi connectivity index (χ1) is 11.6. The monoisotopic (exact) mass is 340 g/mol. The number of aromatic nitrogens is 3. The van der Waals surface area contributed by atoms with E-state index in [2.05, 4.69) is 15.3 Å². The van der Waals surface area contributed by atoms with Crippen LogP contribution in [0.25, 0.3) is 11.3 Å². The maximum atomic E-state index is 12.5. The minimum Gasteiger partial charge on any atom is -0.314 e. The molecule has 2 aromatic heterocycles. The van der Waals surface area contributed by atoms with Gasteiger partial charge < -0.3 is 9.88 Å². The predicted molar refractivity (Wildman–Crippen MR) is 92.1 cm³/mol. The highest BCUT2D eigenvalue weighted by molar-refractivity contribution is 6.34. The number of benzene rings is 1. The Hall–Kier alpha value is -2.99. The quantitative estimate of drug-likeness (QED) is 0.795. The lowest BCUT2D eigenvalue weighted by atomic mass is 10.1. The number of carbonyl (C=O) groups is 1. The Labute approximate surface area is 142 Å². The fourth-order valence-electron chi connectivity index (χ4n) is 2.15. The van der Waals surface area contributed by atoms with Crippen molar-refractivity contribution in [3.05, 3.63) is 75.9 Å². The van der Waals surface area contributed by atoms with Crippen molar-refractivity contribution in [2.75, 3.05) is 5.32 Å². The first-order valence-corrected chi connectivity index (χ1v) is 7.48. The third-order valence-corrected chi connectivity index (χ3v) is 3.75. The molecule has 24 heavy (non-hydrogen) atoms. The molecule has 6 nitrogen and oxygen atoms in total. The number of nitrogens with one attached hydrogen (secondary N) is 1. The molecule has 0 aliphatic carbocycles. The summed E-state index contributed by atoms with van der Waals surface area (Å²) in [5.74, 6) is -0.558. The standard InChI is InChI=1S/C17H13ClN4O2/c1-22-9-8-20-15(17(22)24)21-16(23)12-10-11(5-6-13(12)18)14-4-2-3-7-19-14/h2-10H,1H3,(H,20,21,23). The molecule has 7 heteroatoms. The van der Waals surface area contributed by atoms with Crippen LogP contribution in [-0.2, 0) is 7.05 Å². The number of nitrogens with zero attached hydrogens (tertiary/aromatic N) is 3. The van der Waals surface area contributed by atoms with Gasteiger partial charge in [0, 0.05) is 31.2 Å².